The molecule has 0 spiro atoms. The van der Waals surface area contributed by atoms with Crippen molar-refractivity contribution in [1.29, 1.82) is 5.26 Å². The number of halogens is 6. The Kier molecular flexibility index (Phi) is 3.23. The van der Waals surface area contributed by atoms with Crippen molar-refractivity contribution in [1.82, 2.24) is 3.76 Å². The molecule has 0 N–H and O–H groups in total. The van der Waals surface area contributed by atoms with Gasteiger partial charge in [-0.15, -0.1) is 0 Å². The molecule has 0 aromatic carbocycles. The fraction of sp³-hybridized carbons (Fsp3) is 0. The standard InChI is InChI=1S/C3HN2S2.AsF6/c4-1-3-2-6-5-7-3;2-1(3,4,5,6)7/h2H;/q+1;-1. The minimum absolute atomic E-state index is 0.685. The minimum atomic E-state index is -11.1. The van der Waals surface area contributed by atoms with Gasteiger partial charge in [0.2, 0.25) is 23.1 Å². The van der Waals surface area contributed by atoms with E-state index >= 15 is 0 Å². The molecule has 1 aromatic rings. The van der Waals surface area contributed by atoms with Crippen LogP contribution in [0.1, 0.15) is 4.88 Å². The van der Waals surface area contributed by atoms with Gasteiger partial charge in [0.05, 0.1) is 3.76 Å². The summed E-state index contributed by atoms with van der Waals surface area (Å²) in [4.78, 5) is 0.685. The average Bonchev–Trinajstić information content (AvgIpc) is 2.29. The second-order valence-corrected chi connectivity index (χ2v) is 7.51. The molecule has 0 atom stereocenters. The van der Waals surface area contributed by atoms with Gasteiger partial charge in [-0.1, -0.05) is 0 Å². The number of nitriles is 1. The molecule has 0 saturated heterocycles. The Labute approximate surface area is 83.6 Å². The van der Waals surface area contributed by atoms with Gasteiger partial charge in [-0.05, 0) is 0 Å². The molecule has 0 fully saturated rings. The third-order valence-corrected chi connectivity index (χ3v) is 1.99. The van der Waals surface area contributed by atoms with Crippen LogP contribution in [0.3, 0.4) is 0 Å². The van der Waals surface area contributed by atoms with E-state index in [1.54, 1.807) is 5.38 Å². The van der Waals surface area contributed by atoms with Crippen molar-refractivity contribution in [3.8, 4) is 6.07 Å². The van der Waals surface area contributed by atoms with Gasteiger partial charge in [0.1, 0.15) is 6.07 Å². The summed E-state index contributed by atoms with van der Waals surface area (Å²) >= 11 is -8.52. The summed E-state index contributed by atoms with van der Waals surface area (Å²) in [6.45, 7) is 0. The van der Waals surface area contributed by atoms with Crippen molar-refractivity contribution in [2.75, 3.05) is 0 Å². The molecule has 0 aliphatic carbocycles. The first-order chi connectivity index (χ1) is 5.88. The molecular formula is C3HAsF6N2S2. The van der Waals surface area contributed by atoms with E-state index in [1.165, 1.54) is 23.1 Å². The summed E-state index contributed by atoms with van der Waals surface area (Å²) in [6, 6.07) is 1.97. The monoisotopic (exact) mass is 318 g/mol. The van der Waals surface area contributed by atoms with Crippen molar-refractivity contribution < 1.29 is 20.8 Å². The number of nitrogens with zero attached hydrogens (tertiary/aromatic N) is 2. The summed E-state index contributed by atoms with van der Waals surface area (Å²) in [7, 11) is 0. The third-order valence-electron chi connectivity index (χ3n) is 0.449. The van der Waals surface area contributed by atoms with E-state index < -0.39 is 14.2 Å². The smallest absolute Gasteiger partial charge is 0.189 e. The van der Waals surface area contributed by atoms with Crippen LogP contribution in [0.4, 0.5) is 20.8 Å². The largest absolute Gasteiger partial charge is 0.265 e. The van der Waals surface area contributed by atoms with Gasteiger partial charge in [-0.3, -0.25) is 0 Å². The summed E-state index contributed by atoms with van der Waals surface area (Å²) in [6.07, 6.45) is 0. The summed E-state index contributed by atoms with van der Waals surface area (Å²) < 4.78 is 63.2. The van der Waals surface area contributed by atoms with E-state index in [2.05, 4.69) is 3.76 Å². The van der Waals surface area contributed by atoms with Crippen LogP contribution in [0.25, 0.3) is 0 Å². The normalized spacial score (nSPS) is 15.5. The molecule has 0 radical (unpaired) electrons. The quantitative estimate of drug-likeness (QED) is 0.417. The second kappa shape index (κ2) is 3.32. The molecule has 2 nitrogen and oxygen atoms in total. The molecule has 82 valence electrons. The zero-order chi connectivity index (χ0) is 11.5. The van der Waals surface area contributed by atoms with Crippen LogP contribution in [0.15, 0.2) is 5.38 Å². The van der Waals surface area contributed by atoms with Gasteiger partial charge in [0.15, 0.2) is 5.38 Å². The average molecular weight is 318 g/mol. The number of hydrogen-bond donors (Lipinski definition) is 0. The van der Waals surface area contributed by atoms with Gasteiger partial charge in [-0.2, -0.15) is 5.26 Å². The maximum absolute atomic E-state index is 11.1. The van der Waals surface area contributed by atoms with E-state index in [0.717, 1.165) is 0 Å². The van der Waals surface area contributed by atoms with E-state index in [-0.39, 0.29) is 0 Å². The SMILES string of the molecule is F[As-](F)(F)(F)(F)F.N#Cc1c[s+]ns1. The molecule has 1 aromatic heterocycles. The third kappa shape index (κ3) is 17.6. The Morgan fingerprint density at radius 3 is 1.86 bits per heavy atom. The van der Waals surface area contributed by atoms with Gasteiger partial charge >= 0.3 is 35.0 Å². The fourth-order valence-corrected chi connectivity index (χ4v) is 1.36. The van der Waals surface area contributed by atoms with Crippen molar-refractivity contribution >= 4 is 37.2 Å². The van der Waals surface area contributed by atoms with Crippen molar-refractivity contribution in [3.63, 3.8) is 0 Å². The minimum Gasteiger partial charge on any atom is -0.189 e. The van der Waals surface area contributed by atoms with Crippen LogP contribution in [-0.4, -0.2) is 17.9 Å². The molecule has 1 rings (SSSR count). The van der Waals surface area contributed by atoms with Crippen LogP contribution < -0.4 is 0 Å². The Bertz CT molecular complexity index is 322. The zero-order valence-corrected chi connectivity index (χ0v) is 9.51. The molecule has 0 bridgehead atoms. The molecular weight excluding hydrogens is 317 g/mol. The molecule has 11 heteroatoms. The molecule has 0 aliphatic heterocycles. The Balaban J connectivity index is 0.000000241. The summed E-state index contributed by atoms with van der Waals surface area (Å²) in [5.74, 6) is 0. The van der Waals surface area contributed by atoms with Gasteiger partial charge in [-0.25, -0.2) is 0 Å². The molecule has 14 heavy (non-hydrogen) atoms. The summed E-state index contributed by atoms with van der Waals surface area (Å²) in [5.41, 5.74) is 0. The van der Waals surface area contributed by atoms with E-state index in [1.807, 2.05) is 6.07 Å². The number of hydrogen-bond acceptors (Lipinski definition) is 3. The molecule has 0 unspecified atom stereocenters. The first kappa shape index (κ1) is 13.6. The molecule has 1 heterocycles. The Hall–Kier alpha value is -0.392. The van der Waals surface area contributed by atoms with Crippen molar-refractivity contribution in [3.05, 3.63) is 10.3 Å². The topological polar surface area (TPSA) is 36.7 Å². The zero-order valence-electron chi connectivity index (χ0n) is 6.00. The van der Waals surface area contributed by atoms with Crippen LogP contribution in [-0.2, 0) is 0 Å². The first-order valence-electron chi connectivity index (χ1n) is 2.58. The van der Waals surface area contributed by atoms with E-state index in [0.29, 0.717) is 4.88 Å². The van der Waals surface area contributed by atoms with Crippen LogP contribution in [0.2, 0.25) is 0 Å². The van der Waals surface area contributed by atoms with Gasteiger partial charge in [0, 0.05) is 0 Å². The Morgan fingerprint density at radius 2 is 1.71 bits per heavy atom. The maximum atomic E-state index is 9.91. The maximum Gasteiger partial charge on any atom is 0.265 e. The fourth-order valence-electron chi connectivity index (χ4n) is 0.199. The van der Waals surface area contributed by atoms with Gasteiger partial charge in [0.25, 0.3) is 4.88 Å². The molecule has 0 amide bonds. The first-order valence-corrected chi connectivity index (χ1v) is 8.45. The number of aromatic nitrogens is 1. The van der Waals surface area contributed by atoms with Crippen LogP contribution >= 0.6 is 23.1 Å². The molecule has 0 saturated carbocycles. The predicted octanol–water partition coefficient (Wildman–Crippen LogP) is 3.50. The van der Waals surface area contributed by atoms with Gasteiger partial charge < -0.3 is 0 Å². The van der Waals surface area contributed by atoms with E-state index in [4.69, 9.17) is 5.26 Å². The number of rotatable bonds is 0. The predicted molar refractivity (Wildman–Crippen MR) is 41.5 cm³/mol. The molecule has 0 aliphatic rings. The van der Waals surface area contributed by atoms with Crippen LogP contribution in [0, 0.1) is 11.3 Å². The summed E-state index contributed by atoms with van der Waals surface area (Å²) in [5, 5.41) is 9.88. The van der Waals surface area contributed by atoms with Crippen molar-refractivity contribution in [2.24, 2.45) is 0 Å². The second-order valence-electron chi connectivity index (χ2n) is 1.82. The van der Waals surface area contributed by atoms with E-state index in [9.17, 15) is 20.8 Å². The van der Waals surface area contributed by atoms with Crippen molar-refractivity contribution in [2.45, 2.75) is 0 Å². The Morgan fingerprint density at radius 1 is 1.29 bits per heavy atom. The van der Waals surface area contributed by atoms with Crippen LogP contribution in [0.5, 0.6) is 0 Å².